The van der Waals surface area contributed by atoms with Gasteiger partial charge in [-0.25, -0.2) is 14.6 Å². The number of alkyl carbamates (subject to hydrolysis) is 1. The van der Waals surface area contributed by atoms with Crippen LogP contribution in [-0.2, 0) is 9.53 Å². The second-order valence-corrected chi connectivity index (χ2v) is 9.18. The second kappa shape index (κ2) is 10.2. The van der Waals surface area contributed by atoms with Gasteiger partial charge in [0, 0.05) is 11.3 Å². The van der Waals surface area contributed by atoms with Gasteiger partial charge in [0.2, 0.25) is 0 Å². The maximum Gasteiger partial charge on any atom is 0.407 e. The Kier molecular flexibility index (Phi) is 7.13. The molecule has 0 fully saturated rings. The van der Waals surface area contributed by atoms with Crippen LogP contribution in [0, 0.1) is 0 Å². The number of fused-ring (bicyclic) bond motifs is 3. The zero-order valence-corrected chi connectivity index (χ0v) is 19.9. The number of carbonyl (C=O) groups is 3. The van der Waals surface area contributed by atoms with Gasteiger partial charge in [-0.1, -0.05) is 48.5 Å². The SMILES string of the molecule is CC(NC(=O)OCC1c2ccccc2-c2ccccc21)c1nc(C(=O)N[C@H](C(=O)O)[C@@H](C)O)cs1. The highest BCUT2D eigenvalue weighted by Gasteiger charge is 2.30. The summed E-state index contributed by atoms with van der Waals surface area (Å²) in [6.45, 7) is 3.15. The van der Waals surface area contributed by atoms with Gasteiger partial charge in [0.25, 0.3) is 5.91 Å². The maximum atomic E-state index is 12.5. The predicted octanol–water partition coefficient (Wildman–Crippen LogP) is 3.31. The molecule has 1 unspecified atom stereocenters. The standard InChI is InChI=1S/C25H25N3O6S/c1-13(23-27-20(12-35-23)22(30)28-21(14(2)29)24(31)32)26-25(33)34-11-19-17-9-5-3-7-15(17)16-8-4-6-10-18(16)19/h3-10,12-14,19,21,29H,11H2,1-2H3,(H,26,33)(H,28,30)(H,31,32)/t13?,14-,21+/m1/s1. The number of carboxylic acids is 1. The summed E-state index contributed by atoms with van der Waals surface area (Å²) in [7, 11) is 0. The lowest BCUT2D eigenvalue weighted by atomic mass is 9.98. The van der Waals surface area contributed by atoms with E-state index in [4.69, 9.17) is 9.84 Å². The molecular formula is C25H25N3O6S. The first-order valence-electron chi connectivity index (χ1n) is 11.0. The molecule has 4 N–H and O–H groups in total. The molecule has 1 aromatic heterocycles. The van der Waals surface area contributed by atoms with Gasteiger partial charge in [0.15, 0.2) is 6.04 Å². The first kappa shape index (κ1) is 24.4. The van der Waals surface area contributed by atoms with Gasteiger partial charge < -0.3 is 25.6 Å². The normalized spacial score (nSPS) is 14.8. The molecule has 35 heavy (non-hydrogen) atoms. The quantitative estimate of drug-likeness (QED) is 0.376. The Balaban J connectivity index is 1.36. The highest BCUT2D eigenvalue weighted by atomic mass is 32.1. The minimum Gasteiger partial charge on any atom is -0.480 e. The molecule has 10 heteroatoms. The molecule has 1 aliphatic rings. The van der Waals surface area contributed by atoms with E-state index < -0.39 is 36.2 Å². The number of carboxylic acid groups (broad SMARTS) is 1. The third kappa shape index (κ3) is 5.18. The van der Waals surface area contributed by atoms with Crippen molar-refractivity contribution in [1.82, 2.24) is 15.6 Å². The number of hydrogen-bond acceptors (Lipinski definition) is 7. The molecule has 0 bridgehead atoms. The number of amides is 2. The molecule has 0 saturated carbocycles. The highest BCUT2D eigenvalue weighted by Crippen LogP contribution is 2.44. The first-order valence-corrected chi connectivity index (χ1v) is 11.9. The summed E-state index contributed by atoms with van der Waals surface area (Å²) in [5.41, 5.74) is 4.50. The number of aliphatic hydroxyl groups is 1. The van der Waals surface area contributed by atoms with E-state index in [0.717, 1.165) is 33.6 Å². The van der Waals surface area contributed by atoms with Crippen molar-refractivity contribution in [3.05, 3.63) is 75.7 Å². The Labute approximate surface area is 205 Å². The lowest BCUT2D eigenvalue weighted by Gasteiger charge is -2.16. The fourth-order valence-electron chi connectivity index (χ4n) is 4.07. The molecule has 1 heterocycles. The molecular weight excluding hydrogens is 470 g/mol. The van der Waals surface area contributed by atoms with Crippen molar-refractivity contribution in [2.75, 3.05) is 6.61 Å². The van der Waals surface area contributed by atoms with Crippen LogP contribution in [0.25, 0.3) is 11.1 Å². The molecule has 4 rings (SSSR count). The van der Waals surface area contributed by atoms with Gasteiger partial charge in [0.05, 0.1) is 12.1 Å². The van der Waals surface area contributed by atoms with Crippen molar-refractivity contribution in [1.29, 1.82) is 0 Å². The number of nitrogens with zero attached hydrogens (tertiary/aromatic N) is 1. The van der Waals surface area contributed by atoms with Gasteiger partial charge in [0.1, 0.15) is 17.3 Å². The number of thiazole rings is 1. The Morgan fingerprint density at radius 2 is 1.63 bits per heavy atom. The number of rotatable bonds is 8. The monoisotopic (exact) mass is 495 g/mol. The Morgan fingerprint density at radius 1 is 1.03 bits per heavy atom. The Bertz CT molecular complexity index is 1210. The van der Waals surface area contributed by atoms with Gasteiger partial charge >= 0.3 is 12.1 Å². The number of ether oxygens (including phenoxy) is 1. The van der Waals surface area contributed by atoms with E-state index in [0.29, 0.717) is 5.01 Å². The summed E-state index contributed by atoms with van der Waals surface area (Å²) in [5.74, 6) is -2.14. The molecule has 2 aromatic carbocycles. The molecule has 0 aliphatic heterocycles. The van der Waals surface area contributed by atoms with E-state index in [1.807, 2.05) is 36.4 Å². The topological polar surface area (TPSA) is 138 Å². The molecule has 3 atom stereocenters. The molecule has 1 aliphatic carbocycles. The van der Waals surface area contributed by atoms with Gasteiger partial charge in [-0.05, 0) is 36.1 Å². The van der Waals surface area contributed by atoms with E-state index in [1.54, 1.807) is 6.92 Å². The van der Waals surface area contributed by atoms with Crippen LogP contribution in [0.5, 0.6) is 0 Å². The van der Waals surface area contributed by atoms with Gasteiger partial charge in [-0.3, -0.25) is 4.79 Å². The fraction of sp³-hybridized carbons (Fsp3) is 0.280. The van der Waals surface area contributed by atoms with Crippen molar-refractivity contribution in [3.8, 4) is 11.1 Å². The summed E-state index contributed by atoms with van der Waals surface area (Å²) < 4.78 is 5.55. The lowest BCUT2D eigenvalue weighted by Crippen LogP contribution is -2.47. The maximum absolute atomic E-state index is 12.5. The molecule has 0 spiro atoms. The van der Waals surface area contributed by atoms with Crippen molar-refractivity contribution in [2.45, 2.75) is 38.0 Å². The molecule has 3 aromatic rings. The number of nitrogens with one attached hydrogen (secondary N) is 2. The second-order valence-electron chi connectivity index (χ2n) is 8.29. The van der Waals surface area contributed by atoms with Crippen molar-refractivity contribution >= 4 is 29.3 Å². The summed E-state index contributed by atoms with van der Waals surface area (Å²) in [5, 5.41) is 25.5. The van der Waals surface area contributed by atoms with Crippen LogP contribution in [0.2, 0.25) is 0 Å². The third-order valence-corrected chi connectivity index (χ3v) is 6.87. The van der Waals surface area contributed by atoms with Crippen LogP contribution in [0.4, 0.5) is 4.79 Å². The molecule has 9 nitrogen and oxygen atoms in total. The Morgan fingerprint density at radius 3 is 2.20 bits per heavy atom. The van der Waals surface area contributed by atoms with Crippen LogP contribution in [0.3, 0.4) is 0 Å². The molecule has 0 saturated heterocycles. The number of carbonyl (C=O) groups excluding carboxylic acids is 2. The summed E-state index contributed by atoms with van der Waals surface area (Å²) in [4.78, 5) is 40.2. The zero-order chi connectivity index (χ0) is 25.1. The van der Waals surface area contributed by atoms with Crippen molar-refractivity contribution in [2.24, 2.45) is 0 Å². The molecule has 182 valence electrons. The number of aliphatic carboxylic acids is 1. The Hall–Kier alpha value is -3.76. The van der Waals surface area contributed by atoms with Gasteiger partial charge in [-0.2, -0.15) is 0 Å². The van der Waals surface area contributed by atoms with Crippen LogP contribution in [-0.4, -0.2) is 51.9 Å². The first-order chi connectivity index (χ1) is 16.8. The van der Waals surface area contributed by atoms with E-state index in [-0.39, 0.29) is 18.2 Å². The fourth-order valence-corrected chi connectivity index (χ4v) is 4.88. The average Bonchev–Trinajstić information content (AvgIpc) is 3.44. The lowest BCUT2D eigenvalue weighted by molar-refractivity contribution is -0.141. The van der Waals surface area contributed by atoms with Crippen LogP contribution in [0.15, 0.2) is 53.9 Å². The number of aromatic nitrogens is 1. The van der Waals surface area contributed by atoms with Crippen LogP contribution in [0.1, 0.15) is 52.4 Å². The summed E-state index contributed by atoms with van der Waals surface area (Å²) in [6.07, 6.45) is -1.88. The minimum atomic E-state index is -1.45. The van der Waals surface area contributed by atoms with Gasteiger partial charge in [-0.15, -0.1) is 11.3 Å². The highest BCUT2D eigenvalue weighted by molar-refractivity contribution is 7.09. The van der Waals surface area contributed by atoms with Crippen LogP contribution < -0.4 is 10.6 Å². The smallest absolute Gasteiger partial charge is 0.407 e. The third-order valence-electron chi connectivity index (χ3n) is 5.84. The van der Waals surface area contributed by atoms with Crippen molar-refractivity contribution < 1.29 is 29.3 Å². The average molecular weight is 496 g/mol. The minimum absolute atomic E-state index is 0.00177. The van der Waals surface area contributed by atoms with E-state index in [9.17, 15) is 19.5 Å². The van der Waals surface area contributed by atoms with E-state index >= 15 is 0 Å². The summed E-state index contributed by atoms with van der Waals surface area (Å²) in [6, 6.07) is 14.1. The summed E-state index contributed by atoms with van der Waals surface area (Å²) >= 11 is 1.14. The number of aliphatic hydroxyl groups excluding tert-OH is 1. The van der Waals surface area contributed by atoms with E-state index in [2.05, 4.69) is 27.8 Å². The molecule has 2 amide bonds. The predicted molar refractivity (Wildman–Crippen MR) is 129 cm³/mol. The van der Waals surface area contributed by atoms with E-state index in [1.165, 1.54) is 12.3 Å². The zero-order valence-electron chi connectivity index (χ0n) is 19.1. The number of hydrogen-bond donors (Lipinski definition) is 4. The largest absolute Gasteiger partial charge is 0.480 e. The number of benzene rings is 2. The molecule has 0 radical (unpaired) electrons. The van der Waals surface area contributed by atoms with Crippen LogP contribution >= 0.6 is 11.3 Å². The van der Waals surface area contributed by atoms with Crippen molar-refractivity contribution in [3.63, 3.8) is 0 Å².